The Morgan fingerprint density at radius 2 is 2.15 bits per heavy atom. The number of aromatic nitrogens is 1. The summed E-state index contributed by atoms with van der Waals surface area (Å²) in [4.78, 5) is 12.9. The lowest BCUT2D eigenvalue weighted by atomic mass is 10.2. The van der Waals surface area contributed by atoms with Crippen molar-refractivity contribution in [1.82, 2.24) is 4.98 Å². The average Bonchev–Trinajstić information content (AvgIpc) is 2.09. The van der Waals surface area contributed by atoms with Gasteiger partial charge in [-0.3, -0.25) is 4.79 Å². The van der Waals surface area contributed by atoms with Gasteiger partial charge in [-0.05, 0) is 0 Å². The van der Waals surface area contributed by atoms with Crippen LogP contribution in [-0.2, 0) is 6.54 Å². The number of alkyl halides is 2. The highest BCUT2D eigenvalue weighted by Crippen LogP contribution is 2.17. The number of aromatic amines is 1. The van der Waals surface area contributed by atoms with E-state index in [-0.39, 0.29) is 0 Å². The lowest BCUT2D eigenvalue weighted by molar-refractivity contribution is 0.144. The van der Waals surface area contributed by atoms with Crippen LogP contribution >= 0.6 is 0 Å². The van der Waals surface area contributed by atoms with Crippen LogP contribution in [0.15, 0.2) is 11.0 Å². The molecule has 0 saturated carbocycles. The van der Waals surface area contributed by atoms with E-state index in [4.69, 9.17) is 5.73 Å². The Labute approximate surface area is 71.4 Å². The van der Waals surface area contributed by atoms with E-state index in [0.717, 1.165) is 0 Å². The molecule has 0 aliphatic rings. The van der Waals surface area contributed by atoms with Crippen LogP contribution in [-0.4, -0.2) is 4.98 Å². The van der Waals surface area contributed by atoms with Gasteiger partial charge in [0.05, 0.1) is 5.69 Å². The van der Waals surface area contributed by atoms with Crippen LogP contribution in [0, 0.1) is 5.82 Å². The Morgan fingerprint density at radius 1 is 1.54 bits per heavy atom. The maximum absolute atomic E-state index is 12.6. The maximum atomic E-state index is 12.6. The normalized spacial score (nSPS) is 10.8. The largest absolute Gasteiger partial charge is 0.357 e. The first-order chi connectivity index (χ1) is 6.07. The van der Waals surface area contributed by atoms with Gasteiger partial charge in [-0.1, -0.05) is 0 Å². The first-order valence-electron chi connectivity index (χ1n) is 3.46. The van der Waals surface area contributed by atoms with Gasteiger partial charge in [0.25, 0.3) is 6.43 Å². The number of hydrogen-bond donors (Lipinski definition) is 2. The van der Waals surface area contributed by atoms with E-state index in [2.05, 4.69) is 0 Å². The van der Waals surface area contributed by atoms with Gasteiger partial charge in [-0.2, -0.15) is 0 Å². The van der Waals surface area contributed by atoms with Crippen molar-refractivity contribution in [3.05, 3.63) is 33.5 Å². The minimum atomic E-state index is -2.85. The molecule has 72 valence electrons. The second-order valence-corrected chi connectivity index (χ2v) is 2.36. The average molecular weight is 192 g/mol. The molecule has 0 aliphatic heterocycles. The van der Waals surface area contributed by atoms with E-state index < -0.39 is 35.5 Å². The Bertz CT molecular complexity index is 361. The second kappa shape index (κ2) is 3.61. The van der Waals surface area contributed by atoms with Crippen molar-refractivity contribution in [3.8, 4) is 0 Å². The Hall–Kier alpha value is -1.30. The topological polar surface area (TPSA) is 58.9 Å². The minimum absolute atomic E-state index is 0.407. The van der Waals surface area contributed by atoms with Gasteiger partial charge in [-0.15, -0.1) is 0 Å². The molecule has 1 aromatic rings. The van der Waals surface area contributed by atoms with Crippen molar-refractivity contribution in [2.24, 2.45) is 5.73 Å². The molecule has 1 aromatic heterocycles. The molecule has 3 N–H and O–H groups in total. The number of pyridine rings is 1. The van der Waals surface area contributed by atoms with Gasteiger partial charge in [0, 0.05) is 18.3 Å². The number of hydrogen-bond acceptors (Lipinski definition) is 2. The number of halogens is 3. The summed E-state index contributed by atoms with van der Waals surface area (Å²) in [5.41, 5.74) is 2.94. The van der Waals surface area contributed by atoms with Crippen LogP contribution < -0.4 is 11.2 Å². The standard InChI is InChI=1S/C7H7F3N2O/c8-4-2-12-5(7(9)10)3(1-11)6(4)13/h2,7H,1,11H2,(H,12,13). The molecule has 3 nitrogen and oxygen atoms in total. The molecular weight excluding hydrogens is 185 g/mol. The van der Waals surface area contributed by atoms with Crippen LogP contribution in [0.4, 0.5) is 13.2 Å². The van der Waals surface area contributed by atoms with Crippen LogP contribution in [0.25, 0.3) is 0 Å². The fourth-order valence-electron chi connectivity index (χ4n) is 0.958. The Morgan fingerprint density at radius 3 is 2.62 bits per heavy atom. The predicted molar refractivity (Wildman–Crippen MR) is 39.9 cm³/mol. The summed E-state index contributed by atoms with van der Waals surface area (Å²) in [6.07, 6.45) is -2.25. The van der Waals surface area contributed by atoms with Crippen molar-refractivity contribution < 1.29 is 13.2 Å². The highest BCUT2D eigenvalue weighted by molar-refractivity contribution is 5.21. The zero-order valence-electron chi connectivity index (χ0n) is 6.48. The molecule has 0 amide bonds. The fourth-order valence-corrected chi connectivity index (χ4v) is 0.958. The summed E-state index contributed by atoms with van der Waals surface area (Å²) >= 11 is 0. The van der Waals surface area contributed by atoms with E-state index in [0.29, 0.717) is 6.20 Å². The molecule has 0 fully saturated rings. The molecule has 0 radical (unpaired) electrons. The summed E-state index contributed by atoms with van der Waals surface area (Å²) in [6, 6.07) is 0. The van der Waals surface area contributed by atoms with E-state index in [1.807, 2.05) is 4.98 Å². The zero-order chi connectivity index (χ0) is 10.0. The van der Waals surface area contributed by atoms with Crippen LogP contribution in [0.3, 0.4) is 0 Å². The molecule has 0 unspecified atom stereocenters. The van der Waals surface area contributed by atoms with Gasteiger partial charge in [-0.25, -0.2) is 13.2 Å². The van der Waals surface area contributed by atoms with Crippen LogP contribution in [0.2, 0.25) is 0 Å². The monoisotopic (exact) mass is 192 g/mol. The summed E-state index contributed by atoms with van der Waals surface area (Å²) < 4.78 is 36.9. The molecule has 6 heteroatoms. The maximum Gasteiger partial charge on any atom is 0.278 e. The first-order valence-corrected chi connectivity index (χ1v) is 3.46. The molecular formula is C7H7F3N2O. The summed E-state index contributed by atoms with van der Waals surface area (Å²) in [5, 5.41) is 0. The summed E-state index contributed by atoms with van der Waals surface area (Å²) in [5.74, 6) is -1.11. The van der Waals surface area contributed by atoms with Gasteiger partial charge < -0.3 is 10.7 Å². The molecule has 1 rings (SSSR count). The van der Waals surface area contributed by atoms with Gasteiger partial charge in [0.15, 0.2) is 5.82 Å². The molecule has 0 aliphatic carbocycles. The third-order valence-corrected chi connectivity index (χ3v) is 1.59. The van der Waals surface area contributed by atoms with E-state index in [1.54, 1.807) is 0 Å². The van der Waals surface area contributed by atoms with Crippen molar-refractivity contribution in [1.29, 1.82) is 0 Å². The Balaban J connectivity index is 3.39. The molecule has 0 aromatic carbocycles. The van der Waals surface area contributed by atoms with Crippen LogP contribution in [0.5, 0.6) is 0 Å². The number of rotatable bonds is 2. The first kappa shape index (κ1) is 9.79. The molecule has 1 heterocycles. The van der Waals surface area contributed by atoms with Crippen molar-refractivity contribution in [2.45, 2.75) is 13.0 Å². The van der Waals surface area contributed by atoms with Crippen LogP contribution in [0.1, 0.15) is 17.7 Å². The molecule has 0 bridgehead atoms. The molecule has 0 saturated heterocycles. The number of nitrogens with one attached hydrogen (secondary N) is 1. The fraction of sp³-hybridized carbons (Fsp3) is 0.286. The SMILES string of the molecule is NCc1c(C(F)F)[nH]cc(F)c1=O. The smallest absolute Gasteiger partial charge is 0.278 e. The van der Waals surface area contributed by atoms with Crippen molar-refractivity contribution >= 4 is 0 Å². The van der Waals surface area contributed by atoms with Gasteiger partial charge in [0.2, 0.25) is 5.43 Å². The van der Waals surface area contributed by atoms with E-state index in [9.17, 15) is 18.0 Å². The highest BCUT2D eigenvalue weighted by Gasteiger charge is 2.17. The van der Waals surface area contributed by atoms with E-state index >= 15 is 0 Å². The van der Waals surface area contributed by atoms with Crippen molar-refractivity contribution in [3.63, 3.8) is 0 Å². The Kier molecular flexibility index (Phi) is 2.72. The van der Waals surface area contributed by atoms with Gasteiger partial charge >= 0.3 is 0 Å². The predicted octanol–water partition coefficient (Wildman–Crippen LogP) is 0.910. The quantitative estimate of drug-likeness (QED) is 0.731. The second-order valence-electron chi connectivity index (χ2n) is 2.36. The summed E-state index contributed by atoms with van der Waals surface area (Å²) in [6.45, 7) is -0.410. The third kappa shape index (κ3) is 1.72. The number of H-pyrrole nitrogens is 1. The van der Waals surface area contributed by atoms with E-state index in [1.165, 1.54) is 0 Å². The van der Waals surface area contributed by atoms with Crippen molar-refractivity contribution in [2.75, 3.05) is 0 Å². The molecule has 0 spiro atoms. The zero-order valence-corrected chi connectivity index (χ0v) is 6.48. The van der Waals surface area contributed by atoms with Gasteiger partial charge in [0.1, 0.15) is 0 Å². The minimum Gasteiger partial charge on any atom is -0.357 e. The lowest BCUT2D eigenvalue weighted by Gasteiger charge is -2.05. The molecule has 0 atom stereocenters. The lowest BCUT2D eigenvalue weighted by Crippen LogP contribution is -2.20. The summed E-state index contributed by atoms with van der Waals surface area (Å²) in [7, 11) is 0. The third-order valence-electron chi connectivity index (χ3n) is 1.59. The highest BCUT2D eigenvalue weighted by atomic mass is 19.3. The molecule has 13 heavy (non-hydrogen) atoms. The number of nitrogens with two attached hydrogens (primary N) is 1.